The van der Waals surface area contributed by atoms with Crippen LogP contribution in [0.1, 0.15) is 25.0 Å². The molecule has 11 aromatic carbocycles. The molecule has 1 heterocycles. The van der Waals surface area contributed by atoms with Crippen molar-refractivity contribution >= 4 is 49.6 Å². The zero-order valence-corrected chi connectivity index (χ0v) is 38.6. The number of nitrogens with zero attached hydrogens (tertiary/aromatic N) is 2. The van der Waals surface area contributed by atoms with Gasteiger partial charge < -0.3 is 9.47 Å². The lowest BCUT2D eigenvalue weighted by Gasteiger charge is -2.32. The van der Waals surface area contributed by atoms with E-state index in [1.165, 1.54) is 88.2 Å². The van der Waals surface area contributed by atoms with E-state index >= 15 is 0 Å². The Morgan fingerprint density at radius 1 is 0.319 bits per heavy atom. The highest BCUT2D eigenvalue weighted by atomic mass is 15.2. The minimum absolute atomic E-state index is 0.141. The largest absolute Gasteiger partial charge is 0.309 e. The van der Waals surface area contributed by atoms with Crippen LogP contribution in [-0.2, 0) is 5.41 Å². The highest BCUT2D eigenvalue weighted by Gasteiger charge is 2.37. The molecule has 0 spiro atoms. The summed E-state index contributed by atoms with van der Waals surface area (Å²) in [5.74, 6) is 0. The summed E-state index contributed by atoms with van der Waals surface area (Å²) in [7, 11) is 0. The van der Waals surface area contributed by atoms with E-state index in [4.69, 9.17) is 0 Å². The van der Waals surface area contributed by atoms with Crippen LogP contribution < -0.4 is 4.90 Å². The van der Waals surface area contributed by atoms with Crippen molar-refractivity contribution in [3.8, 4) is 61.3 Å². The Labute approximate surface area is 403 Å². The van der Waals surface area contributed by atoms with Gasteiger partial charge in [-0.15, -0.1) is 0 Å². The SMILES string of the molecule is CC1(C)c2ccccc2-c2c(-c3ccccc3N(c3ccccc3-c3cccc4cccc(-c5ccccc5)c34)c3ccccc3-c3cccc4c3c3ccccc3n4-c3ccccc3)cccc21. The van der Waals surface area contributed by atoms with Crippen molar-refractivity contribution in [2.24, 2.45) is 0 Å². The molecule has 0 saturated heterocycles. The molecule has 1 aliphatic carbocycles. The van der Waals surface area contributed by atoms with E-state index in [9.17, 15) is 0 Å². The average molecular weight is 881 g/mol. The van der Waals surface area contributed by atoms with Gasteiger partial charge in [0.1, 0.15) is 0 Å². The summed E-state index contributed by atoms with van der Waals surface area (Å²) >= 11 is 0. The predicted molar refractivity (Wildman–Crippen MR) is 292 cm³/mol. The van der Waals surface area contributed by atoms with Crippen LogP contribution in [0.3, 0.4) is 0 Å². The van der Waals surface area contributed by atoms with Crippen molar-refractivity contribution in [2.45, 2.75) is 19.3 Å². The van der Waals surface area contributed by atoms with Gasteiger partial charge in [0.15, 0.2) is 0 Å². The Kier molecular flexibility index (Phi) is 9.55. The number of aromatic nitrogens is 1. The summed E-state index contributed by atoms with van der Waals surface area (Å²) in [6.07, 6.45) is 0. The van der Waals surface area contributed by atoms with Gasteiger partial charge >= 0.3 is 0 Å². The van der Waals surface area contributed by atoms with E-state index in [0.717, 1.165) is 33.9 Å². The first-order valence-electron chi connectivity index (χ1n) is 24.0. The van der Waals surface area contributed by atoms with Crippen LogP contribution in [0.2, 0.25) is 0 Å². The molecular weight excluding hydrogens is 833 g/mol. The van der Waals surface area contributed by atoms with Crippen molar-refractivity contribution in [1.82, 2.24) is 4.57 Å². The molecule has 0 unspecified atom stereocenters. The van der Waals surface area contributed by atoms with Crippen LogP contribution in [0.15, 0.2) is 255 Å². The van der Waals surface area contributed by atoms with Crippen LogP contribution in [0.25, 0.3) is 93.9 Å². The molecule has 69 heavy (non-hydrogen) atoms. The first kappa shape index (κ1) is 40.5. The summed E-state index contributed by atoms with van der Waals surface area (Å²) in [5, 5.41) is 4.89. The summed E-state index contributed by atoms with van der Waals surface area (Å²) in [4.78, 5) is 2.56. The third-order valence-electron chi connectivity index (χ3n) is 14.6. The zero-order chi connectivity index (χ0) is 46.1. The van der Waals surface area contributed by atoms with Gasteiger partial charge in [0.25, 0.3) is 0 Å². The fourth-order valence-corrected chi connectivity index (χ4v) is 11.6. The van der Waals surface area contributed by atoms with Gasteiger partial charge in [0.2, 0.25) is 0 Å². The van der Waals surface area contributed by atoms with Crippen LogP contribution in [-0.4, -0.2) is 4.57 Å². The zero-order valence-electron chi connectivity index (χ0n) is 38.6. The third-order valence-corrected chi connectivity index (χ3v) is 14.6. The number of rotatable bonds is 8. The van der Waals surface area contributed by atoms with Crippen LogP contribution in [0.5, 0.6) is 0 Å². The summed E-state index contributed by atoms with van der Waals surface area (Å²) in [6, 6.07) is 93.8. The van der Waals surface area contributed by atoms with E-state index < -0.39 is 0 Å². The molecule has 2 nitrogen and oxygen atoms in total. The van der Waals surface area contributed by atoms with E-state index in [1.807, 2.05) is 0 Å². The van der Waals surface area contributed by atoms with Crippen LogP contribution >= 0.6 is 0 Å². The molecule has 0 bridgehead atoms. The van der Waals surface area contributed by atoms with Gasteiger partial charge in [-0.25, -0.2) is 0 Å². The molecule has 12 aromatic rings. The quantitative estimate of drug-likeness (QED) is 0.148. The standard InChI is InChI=1S/C67H48N2/c1-67(2)57-38-14-9-32-55(57)65-53(36-21-39-58(65)67)50-30-11-16-41-60(50)69(59-40-15-10-29-49(59)52-35-20-26-46-25-19-34-48(64(46)52)45-23-5-3-6-24-45)61-42-17-12-31-51(61)54-37-22-44-63-66(54)56-33-13-18-43-62(56)68(63)47-27-7-4-8-28-47/h3-44H,1-2H3. The van der Waals surface area contributed by atoms with Crippen LogP contribution in [0.4, 0.5) is 17.1 Å². The fraction of sp³-hybridized carbons (Fsp3) is 0.0448. The Balaban J connectivity index is 1.12. The molecule has 1 aliphatic rings. The van der Waals surface area contributed by atoms with E-state index in [0.29, 0.717) is 0 Å². The van der Waals surface area contributed by atoms with Gasteiger partial charge in [-0.3, -0.25) is 0 Å². The van der Waals surface area contributed by atoms with Crippen molar-refractivity contribution in [1.29, 1.82) is 0 Å². The smallest absolute Gasteiger partial charge is 0.0547 e. The minimum Gasteiger partial charge on any atom is -0.309 e. The van der Waals surface area contributed by atoms with Crippen molar-refractivity contribution in [2.75, 3.05) is 4.90 Å². The summed E-state index contributed by atoms with van der Waals surface area (Å²) in [6.45, 7) is 4.74. The number of hydrogen-bond acceptors (Lipinski definition) is 1. The number of fused-ring (bicyclic) bond motifs is 7. The Hall–Kier alpha value is -8.72. The van der Waals surface area contributed by atoms with Crippen molar-refractivity contribution < 1.29 is 0 Å². The Morgan fingerprint density at radius 2 is 0.768 bits per heavy atom. The molecule has 2 heteroatoms. The Bertz CT molecular complexity index is 3930. The maximum atomic E-state index is 2.56. The van der Waals surface area contributed by atoms with Crippen molar-refractivity contribution in [3.05, 3.63) is 266 Å². The number of para-hydroxylation sites is 5. The minimum atomic E-state index is -0.141. The second-order valence-corrected chi connectivity index (χ2v) is 18.7. The van der Waals surface area contributed by atoms with E-state index in [-0.39, 0.29) is 5.41 Å². The maximum Gasteiger partial charge on any atom is 0.0547 e. The summed E-state index contributed by atoms with van der Waals surface area (Å²) < 4.78 is 2.42. The molecule has 1 aromatic heterocycles. The third kappa shape index (κ3) is 6.40. The van der Waals surface area contributed by atoms with Crippen molar-refractivity contribution in [3.63, 3.8) is 0 Å². The molecule has 0 atom stereocenters. The lowest BCUT2D eigenvalue weighted by atomic mass is 9.82. The molecule has 13 rings (SSSR count). The number of benzene rings is 11. The highest BCUT2D eigenvalue weighted by molar-refractivity contribution is 6.17. The van der Waals surface area contributed by atoms with E-state index in [1.54, 1.807) is 0 Å². The normalized spacial score (nSPS) is 12.6. The molecule has 0 amide bonds. The molecule has 0 aliphatic heterocycles. The number of anilines is 3. The lowest BCUT2D eigenvalue weighted by molar-refractivity contribution is 0.660. The van der Waals surface area contributed by atoms with Gasteiger partial charge in [-0.1, -0.05) is 226 Å². The molecule has 0 saturated carbocycles. The molecule has 326 valence electrons. The fourth-order valence-electron chi connectivity index (χ4n) is 11.6. The van der Waals surface area contributed by atoms with Gasteiger partial charge in [0, 0.05) is 38.6 Å². The molecule has 0 radical (unpaired) electrons. The molecule has 0 N–H and O–H groups in total. The summed E-state index contributed by atoms with van der Waals surface area (Å²) in [5.41, 5.74) is 21.5. The maximum absolute atomic E-state index is 2.56. The lowest BCUT2D eigenvalue weighted by Crippen LogP contribution is -2.15. The monoisotopic (exact) mass is 880 g/mol. The average Bonchev–Trinajstić information content (AvgIpc) is 3.88. The van der Waals surface area contributed by atoms with Gasteiger partial charge in [-0.05, 0) is 103 Å². The Morgan fingerprint density at radius 3 is 1.45 bits per heavy atom. The highest BCUT2D eigenvalue weighted by Crippen LogP contribution is 2.55. The molecule has 0 fully saturated rings. The molecular formula is C67H48N2. The van der Waals surface area contributed by atoms with Gasteiger partial charge in [-0.2, -0.15) is 0 Å². The van der Waals surface area contributed by atoms with E-state index in [2.05, 4.69) is 278 Å². The first-order valence-corrected chi connectivity index (χ1v) is 24.0. The first-order chi connectivity index (χ1) is 34.1. The number of hydrogen-bond donors (Lipinski definition) is 0. The second kappa shape index (κ2) is 16.3. The van der Waals surface area contributed by atoms with Crippen LogP contribution in [0, 0.1) is 0 Å². The predicted octanol–water partition coefficient (Wildman–Crippen LogP) is 18.4. The topological polar surface area (TPSA) is 8.17 Å². The van der Waals surface area contributed by atoms with Gasteiger partial charge in [0.05, 0.1) is 28.1 Å². The second-order valence-electron chi connectivity index (χ2n) is 18.7.